The number of rotatable bonds is 8. The highest BCUT2D eigenvalue weighted by Gasteiger charge is 2.26. The van der Waals surface area contributed by atoms with Crippen LogP contribution in [0.15, 0.2) is 59.8 Å². The average molecular weight is 621 g/mol. The Morgan fingerprint density at radius 3 is 2.60 bits per heavy atom. The lowest BCUT2D eigenvalue weighted by molar-refractivity contribution is 0.0777. The Bertz CT molecular complexity index is 1850. The summed E-state index contributed by atoms with van der Waals surface area (Å²) in [6, 6.07) is 12.0. The molecule has 0 fully saturated rings. The molecule has 2 amide bonds. The third kappa shape index (κ3) is 5.99. The van der Waals surface area contributed by atoms with Gasteiger partial charge in [0, 0.05) is 57.3 Å². The van der Waals surface area contributed by atoms with Crippen LogP contribution in [0.4, 0.5) is 17.1 Å². The van der Waals surface area contributed by atoms with Crippen molar-refractivity contribution in [2.75, 3.05) is 37.1 Å². The summed E-state index contributed by atoms with van der Waals surface area (Å²) in [5.74, 6) is -0.747. The van der Waals surface area contributed by atoms with E-state index >= 15 is 0 Å². The molecular weight excluding hydrogens is 592 g/mol. The van der Waals surface area contributed by atoms with Gasteiger partial charge in [-0.25, -0.2) is 8.42 Å². The number of fused-ring (bicyclic) bond motifs is 3. The zero-order valence-corrected chi connectivity index (χ0v) is 25.5. The molecular formula is C29H29ClN8O4S. The molecule has 0 bridgehead atoms. The molecule has 0 saturated heterocycles. The van der Waals surface area contributed by atoms with Gasteiger partial charge in [0.15, 0.2) is 20.7 Å². The van der Waals surface area contributed by atoms with Gasteiger partial charge in [-0.2, -0.15) is 0 Å². The summed E-state index contributed by atoms with van der Waals surface area (Å²) >= 11 is 6.09. The molecule has 0 radical (unpaired) electrons. The van der Waals surface area contributed by atoms with Crippen molar-refractivity contribution >= 4 is 50.3 Å². The van der Waals surface area contributed by atoms with Crippen LogP contribution < -0.4 is 15.5 Å². The molecule has 0 unspecified atom stereocenters. The Balaban J connectivity index is 1.42. The van der Waals surface area contributed by atoms with Crippen LogP contribution in [-0.2, 0) is 22.9 Å². The maximum atomic E-state index is 13.3. The van der Waals surface area contributed by atoms with Crippen LogP contribution >= 0.6 is 11.6 Å². The molecule has 0 saturated carbocycles. The van der Waals surface area contributed by atoms with Crippen LogP contribution in [0.25, 0.3) is 11.1 Å². The number of sulfone groups is 1. The molecule has 4 heterocycles. The van der Waals surface area contributed by atoms with Crippen LogP contribution in [-0.4, -0.2) is 72.2 Å². The third-order valence-electron chi connectivity index (χ3n) is 7.07. The van der Waals surface area contributed by atoms with E-state index in [0.29, 0.717) is 17.9 Å². The molecule has 1 aliphatic rings. The highest BCUT2D eigenvalue weighted by molar-refractivity contribution is 7.91. The highest BCUT2D eigenvalue weighted by Crippen LogP contribution is 2.44. The minimum Gasteiger partial charge on any atom is -0.368 e. The first-order chi connectivity index (χ1) is 20.5. The van der Waals surface area contributed by atoms with Crippen molar-refractivity contribution in [1.29, 1.82) is 0 Å². The van der Waals surface area contributed by atoms with E-state index in [0.717, 1.165) is 28.1 Å². The maximum absolute atomic E-state index is 13.3. The number of anilines is 3. The zero-order valence-electron chi connectivity index (χ0n) is 23.9. The fraction of sp³-hybridized carbons (Fsp3) is 0.241. The van der Waals surface area contributed by atoms with Gasteiger partial charge >= 0.3 is 0 Å². The van der Waals surface area contributed by atoms with Gasteiger partial charge in [0.1, 0.15) is 5.69 Å². The van der Waals surface area contributed by atoms with Crippen LogP contribution in [0, 0.1) is 0 Å². The number of benzene rings is 1. The van der Waals surface area contributed by atoms with Crippen LogP contribution in [0.1, 0.15) is 39.2 Å². The maximum Gasteiger partial charge on any atom is 0.273 e. The molecule has 0 spiro atoms. The van der Waals surface area contributed by atoms with Crippen molar-refractivity contribution in [3.05, 3.63) is 82.7 Å². The molecule has 1 aromatic carbocycles. The number of halogens is 1. The molecule has 4 aromatic rings. The van der Waals surface area contributed by atoms with E-state index in [-0.39, 0.29) is 39.6 Å². The van der Waals surface area contributed by atoms with Gasteiger partial charge in [-0.15, -0.1) is 10.2 Å². The summed E-state index contributed by atoms with van der Waals surface area (Å²) in [7, 11) is 1.67. The van der Waals surface area contributed by atoms with Gasteiger partial charge in [-0.05, 0) is 29.8 Å². The molecule has 0 aliphatic carbocycles. The standard InChI is InChI=1S/C29H29ClN8O4S/c1-5-43(41,42)19-9-10-32-18(12-19)16-38(4)29(40)24-11-17-15-37(3)27-20(21(17)14-33-24)7-6-8-22(27)34-23-13-25(30)35-36-26(23)28(39)31-2/h6-14H,5,15-16H2,1-4H3,(H,31,39)(H,34,35). The highest BCUT2D eigenvalue weighted by atomic mass is 35.5. The van der Waals surface area contributed by atoms with E-state index in [2.05, 4.69) is 30.8 Å². The minimum atomic E-state index is -3.39. The van der Waals surface area contributed by atoms with Gasteiger partial charge in [-0.3, -0.25) is 19.6 Å². The number of hydrogen-bond donors (Lipinski definition) is 2. The first kappa shape index (κ1) is 29.9. The largest absolute Gasteiger partial charge is 0.368 e. The summed E-state index contributed by atoms with van der Waals surface area (Å²) < 4.78 is 24.5. The van der Waals surface area contributed by atoms with Gasteiger partial charge in [0.2, 0.25) is 0 Å². The lowest BCUT2D eigenvalue weighted by Gasteiger charge is -2.32. The molecule has 43 heavy (non-hydrogen) atoms. The first-order valence-corrected chi connectivity index (χ1v) is 15.3. The zero-order chi connectivity index (χ0) is 30.9. The summed E-state index contributed by atoms with van der Waals surface area (Å²) in [4.78, 5) is 38.1. The minimum absolute atomic E-state index is 0.0221. The molecule has 1 aliphatic heterocycles. The topological polar surface area (TPSA) is 150 Å². The number of nitrogens with zero attached hydrogens (tertiary/aromatic N) is 6. The number of aromatic nitrogens is 4. The number of carbonyl (C=O) groups is 2. The fourth-order valence-corrected chi connectivity index (χ4v) is 5.97. The first-order valence-electron chi connectivity index (χ1n) is 13.3. The number of pyridine rings is 2. The summed E-state index contributed by atoms with van der Waals surface area (Å²) in [6.45, 7) is 2.19. The van der Waals surface area contributed by atoms with E-state index in [1.165, 1.54) is 30.3 Å². The lowest BCUT2D eigenvalue weighted by Crippen LogP contribution is -2.28. The number of para-hydroxylation sites is 1. The second kappa shape index (κ2) is 11.9. The Kier molecular flexibility index (Phi) is 8.29. The molecule has 12 nitrogen and oxygen atoms in total. The third-order valence-corrected chi connectivity index (χ3v) is 8.99. The van der Waals surface area contributed by atoms with Crippen molar-refractivity contribution < 1.29 is 18.0 Å². The molecule has 5 rings (SSSR count). The predicted octanol–water partition coefficient (Wildman–Crippen LogP) is 3.71. The van der Waals surface area contributed by atoms with Crippen molar-refractivity contribution in [1.82, 2.24) is 30.4 Å². The summed E-state index contributed by atoms with van der Waals surface area (Å²) in [5.41, 5.74) is 5.49. The van der Waals surface area contributed by atoms with Crippen molar-refractivity contribution in [2.45, 2.75) is 24.9 Å². The van der Waals surface area contributed by atoms with Gasteiger partial charge < -0.3 is 20.4 Å². The van der Waals surface area contributed by atoms with Gasteiger partial charge in [0.05, 0.1) is 39.9 Å². The number of carbonyl (C=O) groups excluding carboxylic acids is 2. The molecule has 0 atom stereocenters. The molecule has 2 N–H and O–H groups in total. The van der Waals surface area contributed by atoms with Gasteiger partial charge in [-0.1, -0.05) is 30.7 Å². The van der Waals surface area contributed by atoms with Crippen molar-refractivity contribution in [3.8, 4) is 11.1 Å². The Morgan fingerprint density at radius 2 is 1.86 bits per heavy atom. The van der Waals surface area contributed by atoms with Crippen molar-refractivity contribution in [3.63, 3.8) is 0 Å². The number of amides is 2. The molecule has 3 aromatic heterocycles. The smallest absolute Gasteiger partial charge is 0.273 e. The second-order valence-electron chi connectivity index (χ2n) is 9.97. The van der Waals surface area contributed by atoms with Crippen molar-refractivity contribution in [2.24, 2.45) is 0 Å². The lowest BCUT2D eigenvalue weighted by atomic mass is 9.93. The second-order valence-corrected chi connectivity index (χ2v) is 12.6. The Hall–Kier alpha value is -4.62. The van der Waals surface area contributed by atoms with Gasteiger partial charge in [0.25, 0.3) is 11.8 Å². The van der Waals surface area contributed by atoms with E-state index in [4.69, 9.17) is 11.6 Å². The van der Waals surface area contributed by atoms with Crippen LogP contribution in [0.5, 0.6) is 0 Å². The fourth-order valence-electron chi connectivity index (χ4n) is 4.90. The molecule has 222 valence electrons. The predicted molar refractivity (Wildman–Crippen MR) is 163 cm³/mol. The summed E-state index contributed by atoms with van der Waals surface area (Å²) in [5, 5.41) is 13.7. The van der Waals surface area contributed by atoms with E-state index in [9.17, 15) is 18.0 Å². The molecule has 14 heteroatoms. The Labute approximate surface area is 254 Å². The normalized spacial score (nSPS) is 12.3. The van der Waals surface area contributed by atoms with E-state index in [1.807, 2.05) is 30.1 Å². The quantitative estimate of drug-likeness (QED) is 0.298. The average Bonchev–Trinajstić information content (AvgIpc) is 3.00. The SMILES string of the molecule is CCS(=O)(=O)c1ccnc(CN(C)C(=O)c2cc3c(cn2)-c2cccc(Nc4cc(Cl)nnc4C(=O)NC)c2N(C)C3)c1. The van der Waals surface area contributed by atoms with E-state index in [1.54, 1.807) is 32.3 Å². The Morgan fingerprint density at radius 1 is 1.07 bits per heavy atom. The van der Waals surface area contributed by atoms with Crippen LogP contribution in [0.3, 0.4) is 0 Å². The van der Waals surface area contributed by atoms with Crippen LogP contribution in [0.2, 0.25) is 5.15 Å². The number of hydrogen-bond acceptors (Lipinski definition) is 10. The number of nitrogens with one attached hydrogen (secondary N) is 2. The monoisotopic (exact) mass is 620 g/mol. The summed E-state index contributed by atoms with van der Waals surface area (Å²) in [6.07, 6.45) is 3.11. The van der Waals surface area contributed by atoms with E-state index < -0.39 is 15.7 Å².